The van der Waals surface area contributed by atoms with Crippen molar-refractivity contribution in [1.29, 1.82) is 0 Å². The van der Waals surface area contributed by atoms with Gasteiger partial charge in [0.05, 0.1) is 6.04 Å². The van der Waals surface area contributed by atoms with Gasteiger partial charge in [0.15, 0.2) is 5.11 Å². The Morgan fingerprint density at radius 2 is 1.79 bits per heavy atom. The van der Waals surface area contributed by atoms with Crippen LogP contribution in [0.4, 0.5) is 0 Å². The van der Waals surface area contributed by atoms with Gasteiger partial charge in [-0.3, -0.25) is 4.90 Å². The van der Waals surface area contributed by atoms with Crippen molar-refractivity contribution in [2.24, 2.45) is 0 Å². The van der Waals surface area contributed by atoms with Crippen molar-refractivity contribution in [2.75, 3.05) is 13.1 Å². The van der Waals surface area contributed by atoms with E-state index in [-0.39, 0.29) is 6.04 Å². The van der Waals surface area contributed by atoms with Crippen molar-refractivity contribution in [3.05, 3.63) is 35.9 Å². The zero-order valence-electron chi connectivity index (χ0n) is 15.2. The average molecular weight is 346 g/mol. The Balaban J connectivity index is 1.59. The van der Waals surface area contributed by atoms with E-state index in [9.17, 15) is 0 Å². The Kier molecular flexibility index (Phi) is 5.77. The van der Waals surface area contributed by atoms with Crippen molar-refractivity contribution < 1.29 is 0 Å². The first-order valence-electron chi connectivity index (χ1n) is 9.44. The minimum absolute atomic E-state index is 0.253. The molecule has 0 aromatic heterocycles. The molecule has 0 aliphatic carbocycles. The van der Waals surface area contributed by atoms with Crippen LogP contribution in [0, 0.1) is 0 Å². The minimum Gasteiger partial charge on any atom is -0.356 e. The highest BCUT2D eigenvalue weighted by molar-refractivity contribution is 7.80. The molecule has 2 aliphatic rings. The van der Waals surface area contributed by atoms with Crippen molar-refractivity contribution >= 4 is 17.3 Å². The van der Waals surface area contributed by atoms with Crippen LogP contribution in [0.3, 0.4) is 0 Å². The first kappa shape index (κ1) is 17.7. The maximum Gasteiger partial charge on any atom is 0.169 e. The number of piperidine rings is 1. The van der Waals surface area contributed by atoms with Gasteiger partial charge in [0.2, 0.25) is 0 Å². The summed E-state index contributed by atoms with van der Waals surface area (Å²) in [6, 6.07) is 12.9. The summed E-state index contributed by atoms with van der Waals surface area (Å²) < 4.78 is 0. The number of nitrogens with one attached hydrogen (secondary N) is 1. The van der Waals surface area contributed by atoms with Gasteiger partial charge in [0.1, 0.15) is 0 Å². The van der Waals surface area contributed by atoms with E-state index in [4.69, 9.17) is 12.2 Å². The topological polar surface area (TPSA) is 18.5 Å². The van der Waals surface area contributed by atoms with Gasteiger partial charge in [0, 0.05) is 31.2 Å². The first-order valence-corrected chi connectivity index (χ1v) is 9.85. The molecule has 0 bridgehead atoms. The van der Waals surface area contributed by atoms with Gasteiger partial charge >= 0.3 is 0 Å². The summed E-state index contributed by atoms with van der Waals surface area (Å²) in [5, 5.41) is 4.45. The Hall–Kier alpha value is -1.13. The van der Waals surface area contributed by atoms with Crippen LogP contribution < -0.4 is 5.32 Å². The third kappa shape index (κ3) is 3.92. The molecule has 1 aromatic carbocycles. The van der Waals surface area contributed by atoms with E-state index >= 15 is 0 Å². The van der Waals surface area contributed by atoms with E-state index in [1.54, 1.807) is 0 Å². The van der Waals surface area contributed by atoms with E-state index in [0.717, 1.165) is 30.3 Å². The lowest BCUT2D eigenvalue weighted by Gasteiger charge is -2.42. The lowest BCUT2D eigenvalue weighted by Crippen LogP contribution is -2.54. The van der Waals surface area contributed by atoms with Crippen LogP contribution in [0.2, 0.25) is 0 Å². The molecule has 3 nitrogen and oxygen atoms in total. The maximum atomic E-state index is 5.73. The van der Waals surface area contributed by atoms with E-state index in [1.165, 1.54) is 31.2 Å². The van der Waals surface area contributed by atoms with Gasteiger partial charge in [0.25, 0.3) is 0 Å². The van der Waals surface area contributed by atoms with Gasteiger partial charge in [-0.2, -0.15) is 0 Å². The van der Waals surface area contributed by atoms with Crippen LogP contribution in [0.15, 0.2) is 30.3 Å². The second-order valence-electron chi connectivity index (χ2n) is 7.55. The lowest BCUT2D eigenvalue weighted by atomic mass is 10.0. The third-order valence-corrected chi connectivity index (χ3v) is 6.14. The quantitative estimate of drug-likeness (QED) is 0.836. The molecule has 0 radical (unpaired) electrons. The molecule has 0 unspecified atom stereocenters. The molecule has 1 aromatic rings. The number of thiocarbonyl (C=S) groups is 1. The predicted molar refractivity (Wildman–Crippen MR) is 105 cm³/mol. The van der Waals surface area contributed by atoms with E-state index in [1.807, 2.05) is 0 Å². The highest BCUT2D eigenvalue weighted by atomic mass is 32.1. The average Bonchev–Trinajstić information content (AvgIpc) is 2.94. The zero-order valence-corrected chi connectivity index (χ0v) is 16.1. The Bertz CT molecular complexity index is 537. The highest BCUT2D eigenvalue weighted by Gasteiger charge is 2.35. The van der Waals surface area contributed by atoms with Crippen molar-refractivity contribution in [3.8, 4) is 0 Å². The number of rotatable bonds is 3. The van der Waals surface area contributed by atoms with Crippen molar-refractivity contribution in [2.45, 2.75) is 70.6 Å². The SMILES string of the molecule is C[C@H](NC(=S)N1CCC[C@H](N2[C@@H](C)CC[C@@H]2C)C1)c1ccccc1. The van der Waals surface area contributed by atoms with Crippen LogP contribution in [0.25, 0.3) is 0 Å². The lowest BCUT2D eigenvalue weighted by molar-refractivity contribution is 0.0939. The van der Waals surface area contributed by atoms with Crippen LogP contribution in [-0.2, 0) is 0 Å². The number of nitrogens with zero attached hydrogens (tertiary/aromatic N) is 2. The van der Waals surface area contributed by atoms with Gasteiger partial charge in [-0.25, -0.2) is 0 Å². The maximum absolute atomic E-state index is 5.73. The first-order chi connectivity index (χ1) is 11.6. The fraction of sp³-hybridized carbons (Fsp3) is 0.650. The van der Waals surface area contributed by atoms with Gasteiger partial charge < -0.3 is 10.2 Å². The summed E-state index contributed by atoms with van der Waals surface area (Å²) in [7, 11) is 0. The van der Waals surface area contributed by atoms with E-state index < -0.39 is 0 Å². The fourth-order valence-electron chi connectivity index (χ4n) is 4.42. The van der Waals surface area contributed by atoms with E-state index in [0.29, 0.717) is 6.04 Å². The monoisotopic (exact) mass is 345 g/mol. The summed E-state index contributed by atoms with van der Waals surface area (Å²) in [4.78, 5) is 5.14. The summed E-state index contributed by atoms with van der Waals surface area (Å²) in [5.41, 5.74) is 1.29. The molecular formula is C20H31N3S. The van der Waals surface area contributed by atoms with Crippen LogP contribution in [-0.4, -0.2) is 46.1 Å². The zero-order chi connectivity index (χ0) is 17.1. The van der Waals surface area contributed by atoms with Gasteiger partial charge in [-0.1, -0.05) is 30.3 Å². The summed E-state index contributed by atoms with van der Waals surface area (Å²) in [6.07, 6.45) is 5.22. The predicted octanol–water partition coefficient (Wildman–Crippen LogP) is 3.96. The molecule has 2 heterocycles. The molecule has 0 saturated carbocycles. The number of hydrogen-bond donors (Lipinski definition) is 1. The summed E-state index contributed by atoms with van der Waals surface area (Å²) >= 11 is 5.73. The molecule has 2 fully saturated rings. The number of hydrogen-bond acceptors (Lipinski definition) is 2. The molecule has 2 saturated heterocycles. The Morgan fingerprint density at radius 1 is 1.12 bits per heavy atom. The normalized spacial score (nSPS) is 29.5. The molecule has 2 aliphatic heterocycles. The van der Waals surface area contributed by atoms with Crippen LogP contribution in [0.1, 0.15) is 58.1 Å². The van der Waals surface area contributed by atoms with Crippen LogP contribution in [0.5, 0.6) is 0 Å². The van der Waals surface area contributed by atoms with Crippen molar-refractivity contribution in [3.63, 3.8) is 0 Å². The Labute approximate surface area is 152 Å². The molecule has 0 amide bonds. The second-order valence-corrected chi connectivity index (χ2v) is 7.93. The largest absolute Gasteiger partial charge is 0.356 e. The number of benzene rings is 1. The molecule has 132 valence electrons. The molecule has 24 heavy (non-hydrogen) atoms. The third-order valence-electron chi connectivity index (χ3n) is 5.77. The minimum atomic E-state index is 0.253. The summed E-state index contributed by atoms with van der Waals surface area (Å²) in [6.45, 7) is 9.11. The second kappa shape index (κ2) is 7.83. The summed E-state index contributed by atoms with van der Waals surface area (Å²) in [5.74, 6) is 0. The van der Waals surface area contributed by atoms with Crippen molar-refractivity contribution in [1.82, 2.24) is 15.1 Å². The van der Waals surface area contributed by atoms with Gasteiger partial charge in [-0.05, 0) is 64.2 Å². The van der Waals surface area contributed by atoms with E-state index in [2.05, 4.69) is 66.2 Å². The number of likely N-dealkylation sites (tertiary alicyclic amines) is 2. The van der Waals surface area contributed by atoms with Gasteiger partial charge in [-0.15, -0.1) is 0 Å². The molecule has 4 atom stereocenters. The molecule has 4 heteroatoms. The molecule has 0 spiro atoms. The highest BCUT2D eigenvalue weighted by Crippen LogP contribution is 2.29. The fourth-order valence-corrected chi connectivity index (χ4v) is 4.76. The molecule has 1 N–H and O–H groups in total. The molecule has 3 rings (SSSR count). The molecular weight excluding hydrogens is 314 g/mol. The van der Waals surface area contributed by atoms with Crippen LogP contribution >= 0.6 is 12.2 Å². The Morgan fingerprint density at radius 3 is 2.46 bits per heavy atom. The smallest absolute Gasteiger partial charge is 0.169 e. The standard InChI is InChI=1S/C20H31N3S/c1-15-11-12-16(2)23(15)19-10-7-13-22(14-19)20(24)21-17(3)18-8-5-4-6-9-18/h4-6,8-9,15-17,19H,7,10-14H2,1-3H3,(H,21,24)/t15-,16-,17-,19-/m0/s1.